The van der Waals surface area contributed by atoms with Crippen molar-refractivity contribution in [2.24, 2.45) is 11.3 Å². The van der Waals surface area contributed by atoms with Gasteiger partial charge in [0.2, 0.25) is 0 Å². The van der Waals surface area contributed by atoms with Crippen molar-refractivity contribution in [1.82, 2.24) is 0 Å². The molecule has 1 aromatic rings. The van der Waals surface area contributed by atoms with Crippen LogP contribution in [-0.4, -0.2) is 0 Å². The Morgan fingerprint density at radius 2 is 1.71 bits per heavy atom. The third kappa shape index (κ3) is 2.09. The van der Waals surface area contributed by atoms with Gasteiger partial charge in [-0.1, -0.05) is 50.6 Å². The lowest BCUT2D eigenvalue weighted by Crippen LogP contribution is -2.45. The number of hydrogen-bond donors (Lipinski definition) is 0. The summed E-state index contributed by atoms with van der Waals surface area (Å²) in [6, 6.07) is 11.0. The summed E-state index contributed by atoms with van der Waals surface area (Å²) >= 11 is 0. The predicted octanol–water partition coefficient (Wildman–Crippen LogP) is 4.21. The fraction of sp³-hybridized carbons (Fsp3) is 0.562. The second-order valence-electron chi connectivity index (χ2n) is 6.53. The van der Waals surface area contributed by atoms with E-state index in [0.717, 1.165) is 12.8 Å². The molecule has 1 aromatic carbocycles. The van der Waals surface area contributed by atoms with E-state index in [4.69, 9.17) is 0 Å². The van der Waals surface area contributed by atoms with Crippen LogP contribution in [0.3, 0.4) is 0 Å². The molecular weight excluding hydrogens is 206 g/mol. The molecule has 0 heterocycles. The average molecular weight is 227 g/mol. The van der Waals surface area contributed by atoms with E-state index in [2.05, 4.69) is 58.0 Å². The summed E-state index contributed by atoms with van der Waals surface area (Å²) in [6.07, 6.45) is 2.02. The number of benzene rings is 1. The van der Waals surface area contributed by atoms with Crippen LogP contribution in [0.4, 0.5) is 0 Å². The van der Waals surface area contributed by atoms with E-state index in [1.807, 2.05) is 0 Å². The van der Waals surface area contributed by atoms with Crippen molar-refractivity contribution in [3.05, 3.63) is 35.4 Å². The van der Waals surface area contributed by atoms with Gasteiger partial charge in [-0.25, -0.2) is 0 Å². The highest BCUT2D eigenvalue weighted by atomic mass is 14.5. The zero-order valence-corrected chi connectivity index (χ0v) is 11.2. The normalized spacial score (nSPS) is 28.3. The summed E-state index contributed by atoms with van der Waals surface area (Å²) < 4.78 is 0. The Kier molecular flexibility index (Phi) is 2.78. The Labute approximate surface area is 104 Å². The maximum Gasteiger partial charge on any atom is 0.0828 e. The van der Waals surface area contributed by atoms with Gasteiger partial charge in [0.25, 0.3) is 0 Å². The third-order valence-electron chi connectivity index (χ3n) is 4.23. The van der Waals surface area contributed by atoms with E-state index in [0.29, 0.717) is 11.3 Å². The molecule has 90 valence electrons. The Morgan fingerprint density at radius 1 is 1.18 bits per heavy atom. The highest BCUT2D eigenvalue weighted by molar-refractivity contribution is 5.37. The number of rotatable bonds is 1. The predicted molar refractivity (Wildman–Crippen MR) is 70.6 cm³/mol. The van der Waals surface area contributed by atoms with Crippen LogP contribution in [0.1, 0.15) is 44.7 Å². The van der Waals surface area contributed by atoms with Crippen LogP contribution in [0.15, 0.2) is 24.3 Å². The maximum absolute atomic E-state index is 9.49. The minimum Gasteiger partial charge on any atom is -0.197 e. The lowest BCUT2D eigenvalue weighted by Gasteiger charge is -2.49. The van der Waals surface area contributed by atoms with E-state index in [1.165, 1.54) is 11.1 Å². The molecule has 0 radical (unpaired) electrons. The molecule has 17 heavy (non-hydrogen) atoms. The molecule has 0 spiro atoms. The molecule has 1 nitrogen and oxygen atoms in total. The first-order chi connectivity index (χ1) is 7.87. The molecule has 0 aliphatic heterocycles. The fourth-order valence-corrected chi connectivity index (χ4v) is 2.66. The monoisotopic (exact) mass is 227 g/mol. The zero-order chi connectivity index (χ0) is 12.7. The lowest BCUT2D eigenvalue weighted by molar-refractivity contribution is 0.0782. The second kappa shape index (κ2) is 3.88. The second-order valence-corrected chi connectivity index (χ2v) is 6.53. The SMILES string of the molecule is Cc1ccc(C2(C#N)CC(C(C)(C)C)C2)cc1. The molecule has 0 saturated heterocycles. The topological polar surface area (TPSA) is 23.8 Å². The van der Waals surface area contributed by atoms with E-state index < -0.39 is 0 Å². The summed E-state index contributed by atoms with van der Waals surface area (Å²) in [5.41, 5.74) is 2.57. The van der Waals surface area contributed by atoms with E-state index >= 15 is 0 Å². The van der Waals surface area contributed by atoms with E-state index in [-0.39, 0.29) is 5.41 Å². The van der Waals surface area contributed by atoms with Gasteiger partial charge in [-0.15, -0.1) is 0 Å². The van der Waals surface area contributed by atoms with Gasteiger partial charge in [0.15, 0.2) is 0 Å². The van der Waals surface area contributed by atoms with Crippen LogP contribution in [0.5, 0.6) is 0 Å². The van der Waals surface area contributed by atoms with Gasteiger partial charge in [-0.05, 0) is 36.7 Å². The number of nitriles is 1. The van der Waals surface area contributed by atoms with Crippen LogP contribution in [0.25, 0.3) is 0 Å². The molecule has 0 bridgehead atoms. The van der Waals surface area contributed by atoms with Crippen molar-refractivity contribution in [2.45, 2.75) is 46.0 Å². The molecule has 0 N–H and O–H groups in total. The van der Waals surface area contributed by atoms with E-state index in [1.54, 1.807) is 0 Å². The minimum atomic E-state index is -0.217. The summed E-state index contributed by atoms with van der Waals surface area (Å²) in [6.45, 7) is 8.90. The van der Waals surface area contributed by atoms with Gasteiger partial charge in [0, 0.05) is 0 Å². The van der Waals surface area contributed by atoms with Crippen molar-refractivity contribution in [2.75, 3.05) is 0 Å². The minimum absolute atomic E-state index is 0.217. The first-order valence-electron chi connectivity index (χ1n) is 6.36. The molecule has 1 fully saturated rings. The number of aryl methyl sites for hydroxylation is 1. The molecule has 0 amide bonds. The summed E-state index contributed by atoms with van der Waals surface area (Å²) in [5, 5.41) is 9.49. The quantitative estimate of drug-likeness (QED) is 0.705. The van der Waals surface area contributed by atoms with Crippen molar-refractivity contribution in [3.8, 4) is 6.07 Å². The lowest BCUT2D eigenvalue weighted by atomic mass is 9.53. The first kappa shape index (κ1) is 12.2. The first-order valence-corrected chi connectivity index (χ1v) is 6.36. The van der Waals surface area contributed by atoms with Crippen LogP contribution >= 0.6 is 0 Å². The van der Waals surface area contributed by atoms with Gasteiger partial charge < -0.3 is 0 Å². The maximum atomic E-state index is 9.49. The average Bonchev–Trinajstić information content (AvgIpc) is 2.18. The standard InChI is InChI=1S/C16H21N/c1-12-5-7-13(8-6-12)16(11-17)9-14(10-16)15(2,3)4/h5-8,14H,9-10H2,1-4H3. The molecule has 1 saturated carbocycles. The number of hydrogen-bond acceptors (Lipinski definition) is 1. The van der Waals surface area contributed by atoms with E-state index in [9.17, 15) is 5.26 Å². The summed E-state index contributed by atoms with van der Waals surface area (Å²) in [4.78, 5) is 0. The van der Waals surface area contributed by atoms with Gasteiger partial charge in [-0.2, -0.15) is 5.26 Å². The molecule has 1 heteroatoms. The largest absolute Gasteiger partial charge is 0.197 e. The van der Waals surface area contributed by atoms with Crippen molar-refractivity contribution >= 4 is 0 Å². The Bertz CT molecular complexity index is 436. The molecule has 2 rings (SSSR count). The summed E-state index contributed by atoms with van der Waals surface area (Å²) in [7, 11) is 0. The molecule has 1 aliphatic rings. The Morgan fingerprint density at radius 3 is 2.12 bits per heavy atom. The molecule has 1 aliphatic carbocycles. The molecule has 0 unspecified atom stereocenters. The van der Waals surface area contributed by atoms with Gasteiger partial charge in [0.05, 0.1) is 11.5 Å². The van der Waals surface area contributed by atoms with Crippen molar-refractivity contribution in [1.29, 1.82) is 5.26 Å². The highest BCUT2D eigenvalue weighted by Crippen LogP contribution is 2.53. The van der Waals surface area contributed by atoms with Gasteiger partial charge >= 0.3 is 0 Å². The smallest absolute Gasteiger partial charge is 0.0828 e. The number of nitrogens with zero attached hydrogens (tertiary/aromatic N) is 1. The Hall–Kier alpha value is -1.29. The van der Waals surface area contributed by atoms with Crippen LogP contribution in [0, 0.1) is 29.6 Å². The van der Waals surface area contributed by atoms with Crippen molar-refractivity contribution in [3.63, 3.8) is 0 Å². The zero-order valence-electron chi connectivity index (χ0n) is 11.2. The Balaban J connectivity index is 2.21. The van der Waals surface area contributed by atoms with Crippen LogP contribution in [-0.2, 0) is 5.41 Å². The van der Waals surface area contributed by atoms with Crippen LogP contribution in [0.2, 0.25) is 0 Å². The van der Waals surface area contributed by atoms with Crippen LogP contribution < -0.4 is 0 Å². The van der Waals surface area contributed by atoms with Gasteiger partial charge in [-0.3, -0.25) is 0 Å². The van der Waals surface area contributed by atoms with Gasteiger partial charge in [0.1, 0.15) is 0 Å². The van der Waals surface area contributed by atoms with Crippen molar-refractivity contribution < 1.29 is 0 Å². The fourth-order valence-electron chi connectivity index (χ4n) is 2.66. The molecular formula is C16H21N. The highest BCUT2D eigenvalue weighted by Gasteiger charge is 2.49. The molecule has 0 aromatic heterocycles. The summed E-state index contributed by atoms with van der Waals surface area (Å²) in [5.74, 6) is 0.670. The molecule has 0 atom stereocenters. The third-order valence-corrected chi connectivity index (χ3v) is 4.23.